The quantitative estimate of drug-likeness (QED) is 0.909. The molecule has 108 valence electrons. The van der Waals surface area contributed by atoms with Gasteiger partial charge in [0.05, 0.1) is 11.3 Å². The minimum atomic E-state index is -0.230. The fraction of sp³-hybridized carbons (Fsp3) is 0.176. The van der Waals surface area contributed by atoms with Crippen LogP contribution in [0.25, 0.3) is 0 Å². The molecule has 0 radical (unpaired) electrons. The lowest BCUT2D eigenvalue weighted by Gasteiger charge is -2.11. The van der Waals surface area contributed by atoms with E-state index in [0.717, 1.165) is 11.1 Å². The summed E-state index contributed by atoms with van der Waals surface area (Å²) in [6, 6.07) is 12.6. The number of para-hydroxylation sites is 1. The summed E-state index contributed by atoms with van der Waals surface area (Å²) in [6.45, 7) is 3.88. The zero-order valence-electron chi connectivity index (χ0n) is 12.4. The first-order chi connectivity index (χ1) is 10.0. The second kappa shape index (κ2) is 6.22. The van der Waals surface area contributed by atoms with Crippen molar-refractivity contribution in [3.8, 4) is 0 Å². The van der Waals surface area contributed by atoms with Gasteiger partial charge in [-0.1, -0.05) is 29.8 Å². The number of nitrogens with one attached hydrogen (secondary N) is 2. The molecule has 0 unspecified atom stereocenters. The number of benzene rings is 2. The van der Waals surface area contributed by atoms with Gasteiger partial charge >= 0.3 is 0 Å². The number of carbonyl (C=O) groups excluding carboxylic acids is 2. The molecule has 0 saturated heterocycles. The lowest BCUT2D eigenvalue weighted by atomic mass is 10.0. The molecule has 0 aliphatic carbocycles. The van der Waals surface area contributed by atoms with Gasteiger partial charge in [0.15, 0.2) is 0 Å². The van der Waals surface area contributed by atoms with Crippen LogP contribution in [-0.4, -0.2) is 18.9 Å². The third-order valence-electron chi connectivity index (χ3n) is 3.27. The van der Waals surface area contributed by atoms with Crippen molar-refractivity contribution in [3.63, 3.8) is 0 Å². The topological polar surface area (TPSA) is 58.2 Å². The molecule has 0 bridgehead atoms. The lowest BCUT2D eigenvalue weighted by molar-refractivity contribution is 0.0964. The van der Waals surface area contributed by atoms with Crippen molar-refractivity contribution in [2.75, 3.05) is 12.4 Å². The maximum absolute atomic E-state index is 12.4. The van der Waals surface area contributed by atoms with Gasteiger partial charge in [0.2, 0.25) is 0 Å². The molecule has 0 spiro atoms. The van der Waals surface area contributed by atoms with Gasteiger partial charge in [0.25, 0.3) is 11.8 Å². The molecule has 0 aliphatic rings. The molecule has 4 nitrogen and oxygen atoms in total. The van der Waals surface area contributed by atoms with E-state index in [4.69, 9.17) is 0 Å². The molecular formula is C17H18N2O2. The Kier molecular flexibility index (Phi) is 4.38. The highest BCUT2D eigenvalue weighted by atomic mass is 16.2. The van der Waals surface area contributed by atoms with E-state index in [0.29, 0.717) is 16.8 Å². The minimum absolute atomic E-state index is 0.219. The molecule has 21 heavy (non-hydrogen) atoms. The molecule has 2 aromatic carbocycles. The number of anilines is 1. The van der Waals surface area contributed by atoms with E-state index in [1.807, 2.05) is 26.0 Å². The van der Waals surface area contributed by atoms with Gasteiger partial charge in [-0.05, 0) is 37.6 Å². The average Bonchev–Trinajstić information content (AvgIpc) is 2.46. The number of rotatable bonds is 3. The van der Waals surface area contributed by atoms with Crippen LogP contribution in [0.3, 0.4) is 0 Å². The molecule has 0 fully saturated rings. The standard InChI is InChI=1S/C17H18N2O2/c1-11-8-9-13(12(2)10-11)17(21)19-15-7-5-4-6-14(15)16(20)18-3/h4-10H,1-3H3,(H,18,20)(H,19,21). The minimum Gasteiger partial charge on any atom is -0.355 e. The van der Waals surface area contributed by atoms with Crippen LogP contribution < -0.4 is 10.6 Å². The van der Waals surface area contributed by atoms with E-state index < -0.39 is 0 Å². The second-order valence-electron chi connectivity index (χ2n) is 4.90. The SMILES string of the molecule is CNC(=O)c1ccccc1NC(=O)c1ccc(C)cc1C. The molecule has 2 rings (SSSR count). The van der Waals surface area contributed by atoms with E-state index >= 15 is 0 Å². The Hall–Kier alpha value is -2.62. The summed E-state index contributed by atoms with van der Waals surface area (Å²) >= 11 is 0. The van der Waals surface area contributed by atoms with Crippen LogP contribution in [0.2, 0.25) is 0 Å². The Labute approximate surface area is 124 Å². The predicted octanol–water partition coefficient (Wildman–Crippen LogP) is 2.92. The van der Waals surface area contributed by atoms with Gasteiger partial charge in [-0.3, -0.25) is 9.59 Å². The van der Waals surface area contributed by atoms with Crippen molar-refractivity contribution in [3.05, 3.63) is 64.7 Å². The van der Waals surface area contributed by atoms with Gasteiger partial charge in [-0.25, -0.2) is 0 Å². The van der Waals surface area contributed by atoms with E-state index in [2.05, 4.69) is 10.6 Å². The maximum atomic E-state index is 12.4. The molecule has 0 aromatic heterocycles. The zero-order chi connectivity index (χ0) is 15.4. The van der Waals surface area contributed by atoms with E-state index in [1.54, 1.807) is 37.4 Å². The first-order valence-corrected chi connectivity index (χ1v) is 6.72. The van der Waals surface area contributed by atoms with Gasteiger partial charge in [-0.15, -0.1) is 0 Å². The van der Waals surface area contributed by atoms with Gasteiger partial charge < -0.3 is 10.6 Å². The summed E-state index contributed by atoms with van der Waals surface area (Å²) in [6.07, 6.45) is 0. The van der Waals surface area contributed by atoms with Crippen LogP contribution in [0.5, 0.6) is 0 Å². The number of aryl methyl sites for hydroxylation is 2. The van der Waals surface area contributed by atoms with Crippen LogP contribution in [0.4, 0.5) is 5.69 Å². The largest absolute Gasteiger partial charge is 0.355 e. The molecule has 0 atom stereocenters. The fourth-order valence-electron chi connectivity index (χ4n) is 2.18. The smallest absolute Gasteiger partial charge is 0.255 e. The highest BCUT2D eigenvalue weighted by Crippen LogP contribution is 2.18. The Bertz CT molecular complexity index is 693. The van der Waals surface area contributed by atoms with E-state index in [-0.39, 0.29) is 11.8 Å². The third kappa shape index (κ3) is 3.28. The molecule has 0 aliphatic heterocycles. The number of hydrogen-bond acceptors (Lipinski definition) is 2. The summed E-state index contributed by atoms with van der Waals surface area (Å²) in [5.74, 6) is -0.449. The average molecular weight is 282 g/mol. The highest BCUT2D eigenvalue weighted by Gasteiger charge is 2.14. The van der Waals surface area contributed by atoms with Crippen LogP contribution in [-0.2, 0) is 0 Å². The Balaban J connectivity index is 2.30. The summed E-state index contributed by atoms with van der Waals surface area (Å²) in [4.78, 5) is 24.2. The van der Waals surface area contributed by atoms with Crippen LogP contribution in [0.1, 0.15) is 31.8 Å². The normalized spacial score (nSPS) is 10.0. The van der Waals surface area contributed by atoms with Crippen molar-refractivity contribution in [2.45, 2.75) is 13.8 Å². The van der Waals surface area contributed by atoms with Crippen molar-refractivity contribution in [2.24, 2.45) is 0 Å². The highest BCUT2D eigenvalue weighted by molar-refractivity contribution is 6.09. The Morgan fingerprint density at radius 3 is 2.29 bits per heavy atom. The maximum Gasteiger partial charge on any atom is 0.255 e. The zero-order valence-corrected chi connectivity index (χ0v) is 12.4. The summed E-state index contributed by atoms with van der Waals surface area (Å²) in [7, 11) is 1.56. The lowest BCUT2D eigenvalue weighted by Crippen LogP contribution is -2.21. The van der Waals surface area contributed by atoms with Crippen LogP contribution in [0.15, 0.2) is 42.5 Å². The molecular weight excluding hydrogens is 264 g/mol. The Morgan fingerprint density at radius 2 is 1.62 bits per heavy atom. The predicted molar refractivity (Wildman–Crippen MR) is 83.7 cm³/mol. The van der Waals surface area contributed by atoms with Gasteiger partial charge in [-0.2, -0.15) is 0 Å². The van der Waals surface area contributed by atoms with Gasteiger partial charge in [0.1, 0.15) is 0 Å². The first-order valence-electron chi connectivity index (χ1n) is 6.72. The molecule has 2 aromatic rings. The van der Waals surface area contributed by atoms with Crippen LogP contribution >= 0.6 is 0 Å². The van der Waals surface area contributed by atoms with Gasteiger partial charge in [0, 0.05) is 12.6 Å². The molecule has 0 saturated carbocycles. The van der Waals surface area contributed by atoms with Crippen molar-refractivity contribution >= 4 is 17.5 Å². The first kappa shape index (κ1) is 14.8. The molecule has 4 heteroatoms. The van der Waals surface area contributed by atoms with E-state index in [1.165, 1.54) is 0 Å². The van der Waals surface area contributed by atoms with Crippen molar-refractivity contribution in [1.29, 1.82) is 0 Å². The second-order valence-corrected chi connectivity index (χ2v) is 4.90. The molecule has 2 N–H and O–H groups in total. The van der Waals surface area contributed by atoms with Crippen molar-refractivity contribution in [1.82, 2.24) is 5.32 Å². The summed E-state index contributed by atoms with van der Waals surface area (Å²) < 4.78 is 0. The monoisotopic (exact) mass is 282 g/mol. The van der Waals surface area contributed by atoms with Crippen molar-refractivity contribution < 1.29 is 9.59 Å². The number of hydrogen-bond donors (Lipinski definition) is 2. The third-order valence-corrected chi connectivity index (χ3v) is 3.27. The van der Waals surface area contributed by atoms with E-state index in [9.17, 15) is 9.59 Å². The molecule has 0 heterocycles. The number of amides is 2. The van der Waals surface area contributed by atoms with Crippen LogP contribution in [0, 0.1) is 13.8 Å². The summed E-state index contributed by atoms with van der Waals surface area (Å²) in [5, 5.41) is 5.37. The Morgan fingerprint density at radius 1 is 0.905 bits per heavy atom. The fourth-order valence-corrected chi connectivity index (χ4v) is 2.18. The summed E-state index contributed by atoms with van der Waals surface area (Å²) in [5.41, 5.74) is 3.56. The molecule has 2 amide bonds. The number of carbonyl (C=O) groups is 2.